The second-order valence-electron chi connectivity index (χ2n) is 2.51. The fourth-order valence-corrected chi connectivity index (χ4v) is 0.804. The first kappa shape index (κ1) is 10.6. The highest BCUT2D eigenvalue weighted by Crippen LogP contribution is 1.94. The van der Waals surface area contributed by atoms with E-state index in [0.29, 0.717) is 18.8 Å². The Morgan fingerprint density at radius 3 is 2.79 bits per heavy atom. The quantitative estimate of drug-likeness (QED) is 0.546. The summed E-state index contributed by atoms with van der Waals surface area (Å²) in [4.78, 5) is 19.9. The van der Waals surface area contributed by atoms with Gasteiger partial charge in [-0.15, -0.1) is 0 Å². The number of carbonyl (C=O) groups is 1. The highest BCUT2D eigenvalue weighted by atomic mass is 16.7. The first-order valence-corrected chi connectivity index (χ1v) is 4.15. The van der Waals surface area contributed by atoms with Crippen LogP contribution in [0.3, 0.4) is 0 Å². The van der Waals surface area contributed by atoms with Gasteiger partial charge in [0, 0.05) is 25.1 Å². The van der Waals surface area contributed by atoms with Crippen molar-refractivity contribution in [3.63, 3.8) is 0 Å². The number of hydrogen-bond donors (Lipinski definition) is 1. The number of hydrogen-bond acceptors (Lipinski definition) is 4. The molecule has 1 heterocycles. The maximum absolute atomic E-state index is 11.3. The van der Waals surface area contributed by atoms with Crippen molar-refractivity contribution in [2.24, 2.45) is 0 Å². The van der Waals surface area contributed by atoms with Crippen molar-refractivity contribution in [2.45, 2.75) is 0 Å². The van der Waals surface area contributed by atoms with Crippen LogP contribution < -0.4 is 5.48 Å². The second-order valence-corrected chi connectivity index (χ2v) is 2.51. The molecule has 0 aliphatic rings. The van der Waals surface area contributed by atoms with Crippen LogP contribution in [-0.2, 0) is 9.57 Å². The molecule has 1 aromatic heterocycles. The molecule has 1 aromatic rings. The van der Waals surface area contributed by atoms with E-state index >= 15 is 0 Å². The largest absolute Gasteiger partial charge is 0.382 e. The molecule has 76 valence electrons. The average Bonchev–Trinajstić information content (AvgIpc) is 2.25. The smallest absolute Gasteiger partial charge is 0.274 e. The Hall–Kier alpha value is -1.46. The summed E-state index contributed by atoms with van der Waals surface area (Å²) in [5.74, 6) is -0.288. The molecule has 0 saturated heterocycles. The van der Waals surface area contributed by atoms with Gasteiger partial charge in [-0.2, -0.15) is 0 Å². The summed E-state index contributed by atoms with van der Waals surface area (Å²) in [6.07, 6.45) is 3.09. The SMILES string of the molecule is COCCONC(=O)c1ccncc1. The minimum Gasteiger partial charge on any atom is -0.382 e. The van der Waals surface area contributed by atoms with E-state index in [9.17, 15) is 4.79 Å². The van der Waals surface area contributed by atoms with Crippen LogP contribution >= 0.6 is 0 Å². The van der Waals surface area contributed by atoms with Crippen LogP contribution in [0.5, 0.6) is 0 Å². The van der Waals surface area contributed by atoms with E-state index in [4.69, 9.17) is 9.57 Å². The summed E-state index contributed by atoms with van der Waals surface area (Å²) >= 11 is 0. The fourth-order valence-electron chi connectivity index (χ4n) is 0.804. The molecule has 1 rings (SSSR count). The van der Waals surface area contributed by atoms with Gasteiger partial charge in [0.2, 0.25) is 0 Å². The first-order chi connectivity index (χ1) is 6.84. The van der Waals surface area contributed by atoms with Crippen LogP contribution in [0.2, 0.25) is 0 Å². The summed E-state index contributed by atoms with van der Waals surface area (Å²) < 4.78 is 4.74. The molecule has 0 bridgehead atoms. The van der Waals surface area contributed by atoms with Gasteiger partial charge in [-0.1, -0.05) is 0 Å². The lowest BCUT2D eigenvalue weighted by molar-refractivity contribution is 0.00888. The topological polar surface area (TPSA) is 60.5 Å². The summed E-state index contributed by atoms with van der Waals surface area (Å²) in [5.41, 5.74) is 2.80. The molecule has 5 nitrogen and oxygen atoms in total. The molecular weight excluding hydrogens is 184 g/mol. The van der Waals surface area contributed by atoms with Crippen molar-refractivity contribution in [1.82, 2.24) is 10.5 Å². The zero-order valence-corrected chi connectivity index (χ0v) is 7.90. The molecule has 5 heteroatoms. The lowest BCUT2D eigenvalue weighted by atomic mass is 10.3. The predicted octanol–water partition coefficient (Wildman–Crippen LogP) is 0.389. The molecular formula is C9H12N2O3. The summed E-state index contributed by atoms with van der Waals surface area (Å²) in [7, 11) is 1.56. The third-order valence-electron chi connectivity index (χ3n) is 1.50. The Kier molecular flexibility index (Phi) is 4.60. The normalized spacial score (nSPS) is 9.79. The van der Waals surface area contributed by atoms with Crippen LogP contribution in [0, 0.1) is 0 Å². The molecule has 1 amide bonds. The molecule has 14 heavy (non-hydrogen) atoms. The molecule has 0 aliphatic carbocycles. The van der Waals surface area contributed by atoms with Gasteiger partial charge < -0.3 is 4.74 Å². The van der Waals surface area contributed by atoms with Crippen molar-refractivity contribution in [1.29, 1.82) is 0 Å². The third kappa shape index (κ3) is 3.51. The minimum atomic E-state index is -0.288. The molecule has 0 unspecified atom stereocenters. The zero-order chi connectivity index (χ0) is 10.2. The number of pyridine rings is 1. The number of aromatic nitrogens is 1. The second kappa shape index (κ2) is 6.06. The number of ether oxygens (including phenoxy) is 1. The van der Waals surface area contributed by atoms with E-state index in [1.165, 1.54) is 0 Å². The van der Waals surface area contributed by atoms with Gasteiger partial charge in [-0.25, -0.2) is 5.48 Å². The Morgan fingerprint density at radius 2 is 2.14 bits per heavy atom. The van der Waals surface area contributed by atoms with Gasteiger partial charge in [-0.3, -0.25) is 14.6 Å². The number of carbonyl (C=O) groups excluding carboxylic acids is 1. The van der Waals surface area contributed by atoms with Gasteiger partial charge in [0.05, 0.1) is 13.2 Å². The minimum absolute atomic E-state index is 0.288. The number of hydroxylamine groups is 1. The summed E-state index contributed by atoms with van der Waals surface area (Å²) in [6.45, 7) is 0.768. The summed E-state index contributed by atoms with van der Waals surface area (Å²) in [5, 5.41) is 0. The highest BCUT2D eigenvalue weighted by molar-refractivity contribution is 5.93. The Labute approximate surface area is 82.0 Å². The van der Waals surface area contributed by atoms with Crippen molar-refractivity contribution < 1.29 is 14.4 Å². The van der Waals surface area contributed by atoms with Crippen LogP contribution in [0.4, 0.5) is 0 Å². The first-order valence-electron chi connectivity index (χ1n) is 4.15. The van der Waals surface area contributed by atoms with E-state index in [-0.39, 0.29) is 5.91 Å². The van der Waals surface area contributed by atoms with Crippen LogP contribution in [0.1, 0.15) is 10.4 Å². The Balaban J connectivity index is 2.29. The van der Waals surface area contributed by atoms with Gasteiger partial charge in [-0.05, 0) is 12.1 Å². The van der Waals surface area contributed by atoms with Gasteiger partial charge in [0.1, 0.15) is 0 Å². The number of nitrogens with one attached hydrogen (secondary N) is 1. The Morgan fingerprint density at radius 1 is 1.43 bits per heavy atom. The van der Waals surface area contributed by atoms with E-state index in [2.05, 4.69) is 10.5 Å². The standard InChI is InChI=1S/C9H12N2O3/c1-13-6-7-14-11-9(12)8-2-4-10-5-3-8/h2-5H,6-7H2,1H3,(H,11,12). The number of nitrogens with zero attached hydrogens (tertiary/aromatic N) is 1. The number of methoxy groups -OCH3 is 1. The van der Waals surface area contributed by atoms with Crippen LogP contribution in [0.15, 0.2) is 24.5 Å². The van der Waals surface area contributed by atoms with Crippen molar-refractivity contribution in [3.8, 4) is 0 Å². The molecule has 0 saturated carbocycles. The lowest BCUT2D eigenvalue weighted by Gasteiger charge is -2.04. The molecule has 0 spiro atoms. The van der Waals surface area contributed by atoms with Crippen LogP contribution in [0.25, 0.3) is 0 Å². The average molecular weight is 196 g/mol. The molecule has 0 atom stereocenters. The van der Waals surface area contributed by atoms with Gasteiger partial charge in [0.15, 0.2) is 0 Å². The van der Waals surface area contributed by atoms with Crippen LogP contribution in [-0.4, -0.2) is 31.2 Å². The maximum Gasteiger partial charge on any atom is 0.274 e. The maximum atomic E-state index is 11.3. The van der Waals surface area contributed by atoms with Gasteiger partial charge >= 0.3 is 0 Å². The Bertz CT molecular complexity index is 277. The van der Waals surface area contributed by atoms with Crippen molar-refractivity contribution in [2.75, 3.05) is 20.3 Å². The third-order valence-corrected chi connectivity index (χ3v) is 1.50. The van der Waals surface area contributed by atoms with E-state index in [0.717, 1.165) is 0 Å². The highest BCUT2D eigenvalue weighted by Gasteiger charge is 2.03. The van der Waals surface area contributed by atoms with E-state index < -0.39 is 0 Å². The molecule has 0 fully saturated rings. The van der Waals surface area contributed by atoms with Crippen molar-refractivity contribution >= 4 is 5.91 Å². The zero-order valence-electron chi connectivity index (χ0n) is 7.90. The summed E-state index contributed by atoms with van der Waals surface area (Å²) in [6, 6.07) is 3.21. The number of amides is 1. The lowest BCUT2D eigenvalue weighted by Crippen LogP contribution is -2.25. The molecule has 1 N–H and O–H groups in total. The van der Waals surface area contributed by atoms with E-state index in [1.54, 1.807) is 31.6 Å². The van der Waals surface area contributed by atoms with Crippen molar-refractivity contribution in [3.05, 3.63) is 30.1 Å². The molecule has 0 radical (unpaired) electrons. The molecule has 0 aliphatic heterocycles. The monoisotopic (exact) mass is 196 g/mol. The predicted molar refractivity (Wildman–Crippen MR) is 49.5 cm³/mol. The van der Waals surface area contributed by atoms with Gasteiger partial charge in [0.25, 0.3) is 5.91 Å². The number of rotatable bonds is 5. The molecule has 0 aromatic carbocycles. The van der Waals surface area contributed by atoms with E-state index in [1.807, 2.05) is 0 Å². The fraction of sp³-hybridized carbons (Fsp3) is 0.333.